The van der Waals surface area contributed by atoms with Crippen molar-refractivity contribution in [1.82, 2.24) is 15.5 Å². The molecule has 6 heteroatoms. The van der Waals surface area contributed by atoms with Gasteiger partial charge in [-0.25, -0.2) is 4.79 Å². The molecule has 1 heterocycles. The molecule has 6 nitrogen and oxygen atoms in total. The molecule has 0 saturated carbocycles. The van der Waals surface area contributed by atoms with Gasteiger partial charge in [-0.05, 0) is 38.3 Å². The summed E-state index contributed by atoms with van der Waals surface area (Å²) in [5.74, 6) is -0.370. The van der Waals surface area contributed by atoms with Crippen LogP contribution in [0.3, 0.4) is 0 Å². The van der Waals surface area contributed by atoms with Crippen molar-refractivity contribution in [3.05, 3.63) is 0 Å². The normalized spacial score (nSPS) is 21.7. The van der Waals surface area contributed by atoms with Gasteiger partial charge in [-0.1, -0.05) is 6.92 Å². The molecule has 2 atom stereocenters. The summed E-state index contributed by atoms with van der Waals surface area (Å²) in [6.45, 7) is 5.04. The minimum absolute atomic E-state index is 0.0518. The Bertz CT molecular complexity index is 310. The number of nitrogens with one attached hydrogen (secondary N) is 2. The number of carboxylic acid groups (broad SMARTS) is 1. The number of likely N-dealkylation sites (tertiary alicyclic amines) is 1. The number of aliphatic carboxylic acids is 1. The van der Waals surface area contributed by atoms with Gasteiger partial charge in [0.2, 0.25) is 0 Å². The van der Waals surface area contributed by atoms with Crippen molar-refractivity contribution in [2.24, 2.45) is 11.8 Å². The quantitative estimate of drug-likeness (QED) is 0.665. The highest BCUT2D eigenvalue weighted by atomic mass is 16.4. The monoisotopic (exact) mass is 271 g/mol. The first-order chi connectivity index (χ1) is 8.97. The molecular weight excluding hydrogens is 246 g/mol. The maximum Gasteiger partial charge on any atom is 0.314 e. The summed E-state index contributed by atoms with van der Waals surface area (Å²) in [5, 5.41) is 14.2. The first-order valence-corrected chi connectivity index (χ1v) is 6.89. The second kappa shape index (κ2) is 7.99. The fourth-order valence-corrected chi connectivity index (χ4v) is 2.38. The highest BCUT2D eigenvalue weighted by molar-refractivity contribution is 5.74. The topological polar surface area (TPSA) is 81.7 Å². The van der Waals surface area contributed by atoms with E-state index >= 15 is 0 Å². The molecule has 1 saturated heterocycles. The van der Waals surface area contributed by atoms with Crippen LogP contribution in [-0.2, 0) is 4.79 Å². The Morgan fingerprint density at radius 2 is 2.16 bits per heavy atom. The number of carbonyl (C=O) groups excluding carboxylic acids is 1. The second-order valence-electron chi connectivity index (χ2n) is 5.56. The van der Waals surface area contributed by atoms with E-state index in [-0.39, 0.29) is 18.4 Å². The van der Waals surface area contributed by atoms with Crippen LogP contribution in [0.5, 0.6) is 0 Å². The van der Waals surface area contributed by atoms with Crippen LogP contribution >= 0.6 is 0 Å². The van der Waals surface area contributed by atoms with E-state index in [4.69, 9.17) is 5.11 Å². The van der Waals surface area contributed by atoms with E-state index in [1.807, 2.05) is 6.92 Å². The van der Waals surface area contributed by atoms with Gasteiger partial charge >= 0.3 is 12.0 Å². The van der Waals surface area contributed by atoms with Crippen molar-refractivity contribution in [3.63, 3.8) is 0 Å². The van der Waals surface area contributed by atoms with Gasteiger partial charge in [-0.2, -0.15) is 0 Å². The standard InChI is InChI=1S/C13H25N3O3/c1-10(6-12(17)18)7-14-13(19)15-8-11-4-3-5-16(2)9-11/h10-11H,3-9H2,1-2H3,(H,17,18)(H2,14,15,19). The molecule has 1 aliphatic rings. The second-order valence-corrected chi connectivity index (χ2v) is 5.56. The summed E-state index contributed by atoms with van der Waals surface area (Å²) in [5.41, 5.74) is 0. The van der Waals surface area contributed by atoms with Crippen molar-refractivity contribution in [1.29, 1.82) is 0 Å². The largest absolute Gasteiger partial charge is 0.481 e. The number of hydrogen-bond donors (Lipinski definition) is 3. The third kappa shape index (κ3) is 7.00. The molecular formula is C13H25N3O3. The molecule has 0 aliphatic carbocycles. The maximum atomic E-state index is 11.6. The number of piperidine rings is 1. The Balaban J connectivity index is 2.12. The molecule has 2 amide bonds. The first kappa shape index (κ1) is 15.8. The van der Waals surface area contributed by atoms with E-state index in [9.17, 15) is 9.59 Å². The van der Waals surface area contributed by atoms with Crippen LogP contribution in [-0.4, -0.2) is 55.2 Å². The fourth-order valence-electron chi connectivity index (χ4n) is 2.38. The summed E-state index contributed by atoms with van der Waals surface area (Å²) in [4.78, 5) is 24.3. The van der Waals surface area contributed by atoms with Crippen LogP contribution in [0, 0.1) is 11.8 Å². The Morgan fingerprint density at radius 3 is 2.79 bits per heavy atom. The Kier molecular flexibility index (Phi) is 6.62. The lowest BCUT2D eigenvalue weighted by atomic mass is 9.99. The number of carboxylic acids is 1. The minimum atomic E-state index is -0.833. The number of amides is 2. The lowest BCUT2D eigenvalue weighted by Crippen LogP contribution is -2.43. The van der Waals surface area contributed by atoms with Crippen LogP contribution in [0.2, 0.25) is 0 Å². The van der Waals surface area contributed by atoms with E-state index in [1.54, 1.807) is 0 Å². The fraction of sp³-hybridized carbons (Fsp3) is 0.846. The molecule has 1 rings (SSSR count). The maximum absolute atomic E-state index is 11.6. The highest BCUT2D eigenvalue weighted by Crippen LogP contribution is 2.13. The molecule has 0 aromatic heterocycles. The zero-order valence-electron chi connectivity index (χ0n) is 11.8. The molecule has 0 aromatic carbocycles. The van der Waals surface area contributed by atoms with Gasteiger partial charge < -0.3 is 20.6 Å². The zero-order chi connectivity index (χ0) is 14.3. The molecule has 19 heavy (non-hydrogen) atoms. The third-order valence-electron chi connectivity index (χ3n) is 3.41. The minimum Gasteiger partial charge on any atom is -0.481 e. The van der Waals surface area contributed by atoms with Crippen LogP contribution < -0.4 is 10.6 Å². The summed E-state index contributed by atoms with van der Waals surface area (Å²) in [6.07, 6.45) is 2.41. The molecule has 0 spiro atoms. The third-order valence-corrected chi connectivity index (χ3v) is 3.41. The van der Waals surface area contributed by atoms with Crippen molar-refractivity contribution in [2.45, 2.75) is 26.2 Å². The lowest BCUT2D eigenvalue weighted by Gasteiger charge is -2.29. The van der Waals surface area contributed by atoms with Gasteiger partial charge in [0.1, 0.15) is 0 Å². The van der Waals surface area contributed by atoms with E-state index in [2.05, 4.69) is 22.6 Å². The van der Waals surface area contributed by atoms with Gasteiger partial charge in [0.25, 0.3) is 0 Å². The molecule has 1 fully saturated rings. The SMILES string of the molecule is CC(CNC(=O)NCC1CCCN(C)C1)CC(=O)O. The average Bonchev–Trinajstić information content (AvgIpc) is 2.33. The molecule has 0 aromatic rings. The number of hydrogen-bond acceptors (Lipinski definition) is 3. The number of urea groups is 1. The molecule has 2 unspecified atom stereocenters. The molecule has 0 bridgehead atoms. The number of rotatable bonds is 6. The molecule has 0 radical (unpaired) electrons. The van der Waals surface area contributed by atoms with Gasteiger partial charge in [0, 0.05) is 26.1 Å². The smallest absolute Gasteiger partial charge is 0.314 e. The van der Waals surface area contributed by atoms with E-state index in [1.165, 1.54) is 6.42 Å². The van der Waals surface area contributed by atoms with Gasteiger partial charge in [0.05, 0.1) is 0 Å². The summed E-state index contributed by atoms with van der Waals surface area (Å²) < 4.78 is 0. The van der Waals surface area contributed by atoms with Gasteiger partial charge in [0.15, 0.2) is 0 Å². The lowest BCUT2D eigenvalue weighted by molar-refractivity contribution is -0.137. The zero-order valence-corrected chi connectivity index (χ0v) is 11.8. The Morgan fingerprint density at radius 1 is 1.42 bits per heavy atom. The van der Waals surface area contributed by atoms with E-state index < -0.39 is 5.97 Å². The van der Waals surface area contributed by atoms with Gasteiger partial charge in [-0.15, -0.1) is 0 Å². The van der Waals surface area contributed by atoms with Crippen molar-refractivity contribution >= 4 is 12.0 Å². The molecule has 1 aliphatic heterocycles. The number of carbonyl (C=O) groups is 2. The Labute approximate surface area is 114 Å². The van der Waals surface area contributed by atoms with Crippen molar-refractivity contribution in [3.8, 4) is 0 Å². The predicted molar refractivity (Wildman–Crippen MR) is 73.0 cm³/mol. The molecule has 110 valence electrons. The van der Waals surface area contributed by atoms with Crippen molar-refractivity contribution in [2.75, 3.05) is 33.2 Å². The average molecular weight is 271 g/mol. The van der Waals surface area contributed by atoms with Crippen molar-refractivity contribution < 1.29 is 14.7 Å². The van der Waals surface area contributed by atoms with Gasteiger partial charge in [-0.3, -0.25) is 4.79 Å². The first-order valence-electron chi connectivity index (χ1n) is 6.89. The number of nitrogens with zero attached hydrogens (tertiary/aromatic N) is 1. The van der Waals surface area contributed by atoms with Crippen LogP contribution in [0.25, 0.3) is 0 Å². The predicted octanol–water partition coefficient (Wildman–Crippen LogP) is 0.738. The highest BCUT2D eigenvalue weighted by Gasteiger charge is 2.17. The van der Waals surface area contributed by atoms with E-state index in [0.717, 1.165) is 19.5 Å². The summed E-state index contributed by atoms with van der Waals surface area (Å²) in [7, 11) is 2.10. The van der Waals surface area contributed by atoms with Crippen LogP contribution in [0.15, 0.2) is 0 Å². The summed E-state index contributed by atoms with van der Waals surface area (Å²) in [6, 6.07) is -0.203. The van der Waals surface area contributed by atoms with Crippen LogP contribution in [0.4, 0.5) is 4.79 Å². The van der Waals surface area contributed by atoms with E-state index in [0.29, 0.717) is 19.0 Å². The summed E-state index contributed by atoms with van der Waals surface area (Å²) >= 11 is 0. The molecule has 3 N–H and O–H groups in total. The Hall–Kier alpha value is -1.30. The van der Waals surface area contributed by atoms with Crippen LogP contribution in [0.1, 0.15) is 26.2 Å².